The van der Waals surface area contributed by atoms with Gasteiger partial charge in [-0.1, -0.05) is 0 Å². The van der Waals surface area contributed by atoms with E-state index >= 15 is 0 Å². The van der Waals surface area contributed by atoms with Crippen LogP contribution >= 0.6 is 0 Å². The summed E-state index contributed by atoms with van der Waals surface area (Å²) in [5.41, 5.74) is 0. The van der Waals surface area contributed by atoms with Crippen LogP contribution in [0.15, 0.2) is 0 Å². The largest absolute Gasteiger partial charge is 1.00 e. The minimum atomic E-state index is -4.14. The number of hydrogen-bond acceptors (Lipinski definition) is 4. The average molecular weight is 346 g/mol. The Morgan fingerprint density at radius 1 is 1.33 bits per heavy atom. The summed E-state index contributed by atoms with van der Waals surface area (Å²) in [4.78, 5) is 0. The molecule has 0 bridgehead atoms. The van der Waals surface area contributed by atoms with Crippen LogP contribution in [0.1, 0.15) is 52.8 Å². The molecule has 0 aromatic carbocycles. The summed E-state index contributed by atoms with van der Waals surface area (Å²) in [6.45, 7) is 0.848. The van der Waals surface area contributed by atoms with Crippen LogP contribution in [-0.2, 0) is 14.9 Å². The van der Waals surface area contributed by atoms with E-state index in [1.54, 1.807) is 0 Å². The van der Waals surface area contributed by atoms with Crippen molar-refractivity contribution in [2.45, 2.75) is 67.9 Å². The van der Waals surface area contributed by atoms with Gasteiger partial charge in [-0.25, -0.2) is 0 Å². The zero-order valence-corrected chi connectivity index (χ0v) is 17.9. The Morgan fingerprint density at radius 2 is 2.05 bits per heavy atom. The molecule has 0 spiro atoms. The molecule has 8 heteroatoms. The molecule has 1 aliphatic carbocycles. The number of aliphatic hydroxyl groups excluding tert-OH is 1. The molecule has 2 fully saturated rings. The van der Waals surface area contributed by atoms with Gasteiger partial charge >= 0.3 is 29.6 Å². The van der Waals surface area contributed by atoms with Crippen LogP contribution in [-0.4, -0.2) is 51.5 Å². The minimum absolute atomic E-state index is 0. The predicted molar refractivity (Wildman–Crippen MR) is 81.5 cm³/mol. The van der Waals surface area contributed by atoms with Crippen molar-refractivity contribution in [1.29, 1.82) is 0 Å². The Hall–Kier alpha value is 1.05. The Balaban J connectivity index is 0.00000220. The molecule has 0 aromatic heterocycles. The van der Waals surface area contributed by atoms with Crippen LogP contribution in [0.2, 0.25) is 0 Å². The van der Waals surface area contributed by atoms with E-state index in [1.165, 1.54) is 6.42 Å². The van der Waals surface area contributed by atoms with E-state index < -0.39 is 21.5 Å². The van der Waals surface area contributed by atoms with Gasteiger partial charge in [-0.05, 0) is 57.3 Å². The van der Waals surface area contributed by atoms with Crippen LogP contribution in [0.3, 0.4) is 0 Å². The molecule has 2 aliphatic rings. The third-order valence-corrected chi connectivity index (χ3v) is 7.44. The normalized spacial score (nSPS) is 37.9. The first-order valence-electron chi connectivity index (χ1n) is 7.58. The van der Waals surface area contributed by atoms with Crippen molar-refractivity contribution in [3.63, 3.8) is 0 Å². The topological polar surface area (TPSA) is 83.8 Å². The standard InChI is InChI=1S/C13H26O5SSi.Na.H/c14-11-4-3-10(9-12(11)19(15,16)17)5-7-13(20)6-1-2-8-18-13;;/h10-12,14H,1-9H2,20H3,(H,15,16,17);;/q;+1;-1. The summed E-state index contributed by atoms with van der Waals surface area (Å²) in [7, 11) is -3.14. The van der Waals surface area contributed by atoms with E-state index in [1.807, 2.05) is 0 Å². The summed E-state index contributed by atoms with van der Waals surface area (Å²) in [5.74, 6) is 0.265. The average Bonchev–Trinajstić information content (AvgIpc) is 2.37. The van der Waals surface area contributed by atoms with Gasteiger partial charge in [-0.2, -0.15) is 8.42 Å². The fourth-order valence-corrected chi connectivity index (χ4v) is 5.37. The Morgan fingerprint density at radius 3 is 2.62 bits per heavy atom. The van der Waals surface area contributed by atoms with Gasteiger partial charge in [0, 0.05) is 22.1 Å². The quantitative estimate of drug-likeness (QED) is 0.437. The Bertz CT molecular complexity index is 430. The second-order valence-corrected chi connectivity index (χ2v) is 10.1. The van der Waals surface area contributed by atoms with Crippen molar-refractivity contribution in [1.82, 2.24) is 0 Å². The first kappa shape index (κ1) is 20.1. The Kier molecular flexibility index (Phi) is 7.88. The zero-order chi connectivity index (χ0) is 14.8. The molecule has 4 unspecified atom stereocenters. The molecule has 0 radical (unpaired) electrons. The summed E-state index contributed by atoms with van der Waals surface area (Å²) >= 11 is 0. The number of ether oxygens (including phenoxy) is 1. The monoisotopic (exact) mass is 346 g/mol. The Labute approximate surface area is 154 Å². The van der Waals surface area contributed by atoms with E-state index in [-0.39, 0.29) is 42.1 Å². The SMILES string of the molecule is O=S(=O)(O)C1CC(CCC2([SiH3])CCCCO2)CCC1O.[H-].[Na+]. The van der Waals surface area contributed by atoms with Gasteiger partial charge < -0.3 is 11.3 Å². The molecular weight excluding hydrogens is 319 g/mol. The number of hydrogen-bond donors (Lipinski definition) is 2. The molecule has 2 rings (SSSR count). The minimum Gasteiger partial charge on any atom is -1.00 e. The summed E-state index contributed by atoms with van der Waals surface area (Å²) in [6, 6.07) is 0. The maximum absolute atomic E-state index is 11.3. The predicted octanol–water partition coefficient (Wildman–Crippen LogP) is -2.44. The van der Waals surface area contributed by atoms with Crippen molar-refractivity contribution in [2.24, 2.45) is 5.92 Å². The van der Waals surface area contributed by atoms with Gasteiger partial charge in [0.25, 0.3) is 10.1 Å². The fraction of sp³-hybridized carbons (Fsp3) is 1.00. The summed E-state index contributed by atoms with van der Waals surface area (Å²) in [6.07, 6.45) is 6.16. The molecule has 1 heterocycles. The third kappa shape index (κ3) is 5.88. The number of aliphatic hydroxyl groups is 1. The van der Waals surface area contributed by atoms with Gasteiger partial charge in [-0.15, -0.1) is 0 Å². The molecule has 1 saturated heterocycles. The van der Waals surface area contributed by atoms with Gasteiger partial charge in [0.1, 0.15) is 5.25 Å². The maximum Gasteiger partial charge on any atom is 1.00 e. The summed E-state index contributed by atoms with van der Waals surface area (Å²) < 4.78 is 37.7. The molecule has 2 N–H and O–H groups in total. The number of rotatable bonds is 4. The smallest absolute Gasteiger partial charge is 1.00 e. The first-order valence-corrected chi connectivity index (χ1v) is 10.1. The van der Waals surface area contributed by atoms with Crippen molar-refractivity contribution in [3.05, 3.63) is 0 Å². The van der Waals surface area contributed by atoms with E-state index in [2.05, 4.69) is 0 Å². The molecule has 1 aliphatic heterocycles. The zero-order valence-electron chi connectivity index (χ0n) is 14.1. The maximum atomic E-state index is 11.3. The fourth-order valence-electron chi connectivity index (χ4n) is 3.48. The van der Waals surface area contributed by atoms with E-state index in [0.717, 1.165) is 49.0 Å². The van der Waals surface area contributed by atoms with Crippen LogP contribution in [0.4, 0.5) is 0 Å². The first-order chi connectivity index (χ1) is 9.30. The van der Waals surface area contributed by atoms with Crippen LogP contribution in [0.5, 0.6) is 0 Å². The second-order valence-electron chi connectivity index (χ2n) is 6.59. The molecular formula is C13H27NaO5SSi. The van der Waals surface area contributed by atoms with Gasteiger partial charge in [-0.3, -0.25) is 4.55 Å². The van der Waals surface area contributed by atoms with Gasteiger partial charge in [0.05, 0.1) is 6.10 Å². The van der Waals surface area contributed by atoms with Crippen molar-refractivity contribution < 1.29 is 53.8 Å². The van der Waals surface area contributed by atoms with Gasteiger partial charge in [0.2, 0.25) is 0 Å². The van der Waals surface area contributed by atoms with Crippen molar-refractivity contribution >= 4 is 20.4 Å². The molecule has 5 nitrogen and oxygen atoms in total. The molecule has 21 heavy (non-hydrogen) atoms. The molecule has 120 valence electrons. The van der Waals surface area contributed by atoms with Crippen molar-refractivity contribution in [2.75, 3.05) is 6.61 Å². The molecule has 4 atom stereocenters. The summed E-state index contributed by atoms with van der Waals surface area (Å²) in [5, 5.41) is 8.79. The van der Waals surface area contributed by atoms with E-state index in [4.69, 9.17) is 4.74 Å². The van der Waals surface area contributed by atoms with Crippen LogP contribution < -0.4 is 29.6 Å². The van der Waals surface area contributed by atoms with Crippen molar-refractivity contribution in [3.8, 4) is 0 Å². The second kappa shape index (κ2) is 8.24. The van der Waals surface area contributed by atoms with E-state index in [0.29, 0.717) is 12.8 Å². The molecule has 1 saturated carbocycles. The third-order valence-electron chi connectivity index (χ3n) is 4.88. The van der Waals surface area contributed by atoms with Crippen LogP contribution in [0.25, 0.3) is 0 Å². The van der Waals surface area contributed by atoms with Gasteiger partial charge in [0.15, 0.2) is 0 Å². The molecule has 0 amide bonds. The van der Waals surface area contributed by atoms with Crippen LogP contribution in [0, 0.1) is 5.92 Å². The van der Waals surface area contributed by atoms with E-state index in [9.17, 15) is 18.1 Å². The molecule has 0 aromatic rings.